The quantitative estimate of drug-likeness (QED) is 0.313. The molecule has 0 aliphatic heterocycles. The molecule has 0 N–H and O–H groups in total. The molecule has 156 valence electrons. The summed E-state index contributed by atoms with van der Waals surface area (Å²) < 4.78 is 1.49. The van der Waals surface area contributed by atoms with Crippen LogP contribution >= 0.6 is 23.4 Å². The molecule has 1 heterocycles. The molecular formula is C24H20ClN3O2S. The SMILES string of the molecule is CN(Cc1ccccc1)C(=O)CSc1nc2ccccc2c(=O)n1-c1ccccc1Cl. The van der Waals surface area contributed by atoms with Gasteiger partial charge < -0.3 is 4.90 Å². The van der Waals surface area contributed by atoms with E-state index in [1.165, 1.54) is 16.3 Å². The molecule has 1 aromatic heterocycles. The maximum atomic E-state index is 13.3. The second-order valence-corrected chi connectivity index (χ2v) is 8.38. The third-order valence-electron chi connectivity index (χ3n) is 4.85. The maximum absolute atomic E-state index is 13.3. The Morgan fingerprint density at radius 2 is 1.68 bits per heavy atom. The fraction of sp³-hybridized carbons (Fsp3) is 0.125. The normalized spacial score (nSPS) is 10.9. The molecule has 0 aliphatic carbocycles. The molecule has 0 bridgehead atoms. The van der Waals surface area contributed by atoms with Crippen LogP contribution in [0.25, 0.3) is 16.6 Å². The van der Waals surface area contributed by atoms with E-state index in [1.807, 2.05) is 42.5 Å². The van der Waals surface area contributed by atoms with Crippen molar-refractivity contribution < 1.29 is 4.79 Å². The van der Waals surface area contributed by atoms with Crippen LogP contribution in [-0.2, 0) is 11.3 Å². The molecule has 5 nitrogen and oxygen atoms in total. The summed E-state index contributed by atoms with van der Waals surface area (Å²) in [7, 11) is 1.77. The summed E-state index contributed by atoms with van der Waals surface area (Å²) >= 11 is 7.61. The Morgan fingerprint density at radius 3 is 2.45 bits per heavy atom. The molecular weight excluding hydrogens is 430 g/mol. The Labute approximate surface area is 189 Å². The van der Waals surface area contributed by atoms with Gasteiger partial charge in [0.2, 0.25) is 5.91 Å². The number of carbonyl (C=O) groups is 1. The van der Waals surface area contributed by atoms with Crippen molar-refractivity contribution in [1.29, 1.82) is 0 Å². The third kappa shape index (κ3) is 4.65. The van der Waals surface area contributed by atoms with Crippen LogP contribution in [0.3, 0.4) is 0 Å². The van der Waals surface area contributed by atoms with E-state index in [-0.39, 0.29) is 17.2 Å². The van der Waals surface area contributed by atoms with Gasteiger partial charge in [-0.1, -0.05) is 78.0 Å². The molecule has 0 atom stereocenters. The van der Waals surface area contributed by atoms with E-state index in [9.17, 15) is 9.59 Å². The number of hydrogen-bond acceptors (Lipinski definition) is 4. The Balaban J connectivity index is 1.65. The van der Waals surface area contributed by atoms with Crippen molar-refractivity contribution in [3.05, 3.63) is 99.8 Å². The molecule has 0 saturated heterocycles. The summed E-state index contributed by atoms with van der Waals surface area (Å²) in [4.78, 5) is 32.4. The molecule has 3 aromatic carbocycles. The van der Waals surface area contributed by atoms with Crippen molar-refractivity contribution in [1.82, 2.24) is 14.5 Å². The average Bonchev–Trinajstić information content (AvgIpc) is 2.79. The number of rotatable bonds is 6. The molecule has 1 amide bonds. The number of halogens is 1. The number of thioether (sulfide) groups is 1. The molecule has 0 fully saturated rings. The number of fused-ring (bicyclic) bond motifs is 1. The lowest BCUT2D eigenvalue weighted by atomic mass is 10.2. The zero-order valence-electron chi connectivity index (χ0n) is 16.9. The van der Waals surface area contributed by atoms with Crippen molar-refractivity contribution >= 4 is 40.2 Å². The number of para-hydroxylation sites is 2. The first kappa shape index (κ1) is 21.2. The van der Waals surface area contributed by atoms with Crippen LogP contribution in [0.5, 0.6) is 0 Å². The summed E-state index contributed by atoms with van der Waals surface area (Å²) in [6, 6.07) is 24.1. The van der Waals surface area contributed by atoms with E-state index < -0.39 is 0 Å². The second kappa shape index (κ2) is 9.37. The van der Waals surface area contributed by atoms with Gasteiger partial charge in [0.1, 0.15) is 0 Å². The maximum Gasteiger partial charge on any atom is 0.266 e. The van der Waals surface area contributed by atoms with E-state index in [4.69, 9.17) is 11.6 Å². The minimum absolute atomic E-state index is 0.0537. The van der Waals surface area contributed by atoms with Crippen LogP contribution in [0.2, 0.25) is 5.02 Å². The van der Waals surface area contributed by atoms with Crippen LogP contribution in [0.1, 0.15) is 5.56 Å². The zero-order valence-corrected chi connectivity index (χ0v) is 18.4. The highest BCUT2D eigenvalue weighted by Crippen LogP contribution is 2.26. The molecule has 0 spiro atoms. The minimum Gasteiger partial charge on any atom is -0.341 e. The van der Waals surface area contributed by atoms with Crippen LogP contribution in [0.15, 0.2) is 88.8 Å². The van der Waals surface area contributed by atoms with Gasteiger partial charge in [-0.3, -0.25) is 14.2 Å². The Hall–Kier alpha value is -3.09. The first-order valence-electron chi connectivity index (χ1n) is 9.72. The number of aromatic nitrogens is 2. The number of carbonyl (C=O) groups excluding carboxylic acids is 1. The number of nitrogens with zero attached hydrogens (tertiary/aromatic N) is 3. The Bertz CT molecular complexity index is 1290. The first-order chi connectivity index (χ1) is 15.0. The fourth-order valence-electron chi connectivity index (χ4n) is 3.24. The van der Waals surface area contributed by atoms with Gasteiger partial charge in [-0.15, -0.1) is 0 Å². The summed E-state index contributed by atoms with van der Waals surface area (Å²) in [5, 5.41) is 1.37. The largest absolute Gasteiger partial charge is 0.341 e. The molecule has 0 saturated carbocycles. The van der Waals surface area contributed by atoms with E-state index in [2.05, 4.69) is 4.98 Å². The summed E-state index contributed by atoms with van der Waals surface area (Å²) in [5.74, 6) is 0.0976. The minimum atomic E-state index is -0.216. The zero-order chi connectivity index (χ0) is 21.8. The fourth-order valence-corrected chi connectivity index (χ4v) is 4.40. The van der Waals surface area contributed by atoms with Crippen LogP contribution in [-0.4, -0.2) is 33.2 Å². The summed E-state index contributed by atoms with van der Waals surface area (Å²) in [5.41, 5.74) is 1.97. The first-order valence-corrected chi connectivity index (χ1v) is 11.1. The Morgan fingerprint density at radius 1 is 1.00 bits per heavy atom. The van der Waals surface area contributed by atoms with Crippen LogP contribution in [0.4, 0.5) is 0 Å². The monoisotopic (exact) mass is 449 g/mol. The van der Waals surface area contributed by atoms with Crippen molar-refractivity contribution in [2.24, 2.45) is 0 Å². The van der Waals surface area contributed by atoms with Crippen LogP contribution < -0.4 is 5.56 Å². The van der Waals surface area contributed by atoms with Crippen molar-refractivity contribution in [3.8, 4) is 5.69 Å². The lowest BCUT2D eigenvalue weighted by Crippen LogP contribution is -2.28. The van der Waals surface area contributed by atoms with Crippen LogP contribution in [0, 0.1) is 0 Å². The highest BCUT2D eigenvalue weighted by atomic mass is 35.5. The average molecular weight is 450 g/mol. The van der Waals surface area contributed by atoms with E-state index >= 15 is 0 Å². The van der Waals surface area contributed by atoms with Gasteiger partial charge in [0.05, 0.1) is 27.4 Å². The predicted octanol–water partition coefficient (Wildman–Crippen LogP) is 4.79. The Kier molecular flexibility index (Phi) is 6.39. The standard InChI is InChI=1S/C24H20ClN3O2S/c1-27(15-17-9-3-2-4-10-17)22(29)16-31-24-26-20-13-7-5-11-18(20)23(30)28(24)21-14-8-6-12-19(21)25/h2-14H,15-16H2,1H3. The van der Waals surface area contributed by atoms with Gasteiger partial charge in [-0.25, -0.2) is 4.98 Å². The highest BCUT2D eigenvalue weighted by molar-refractivity contribution is 7.99. The molecule has 31 heavy (non-hydrogen) atoms. The van der Waals surface area contributed by atoms with Gasteiger partial charge in [-0.2, -0.15) is 0 Å². The van der Waals surface area contributed by atoms with Crippen molar-refractivity contribution in [2.75, 3.05) is 12.8 Å². The van der Waals surface area contributed by atoms with Gasteiger partial charge in [0.15, 0.2) is 5.16 Å². The predicted molar refractivity (Wildman–Crippen MR) is 126 cm³/mol. The smallest absolute Gasteiger partial charge is 0.266 e. The van der Waals surface area contributed by atoms with Gasteiger partial charge in [0.25, 0.3) is 5.56 Å². The van der Waals surface area contributed by atoms with Gasteiger partial charge >= 0.3 is 0 Å². The van der Waals surface area contributed by atoms with Crippen molar-refractivity contribution in [2.45, 2.75) is 11.7 Å². The molecule has 4 aromatic rings. The third-order valence-corrected chi connectivity index (χ3v) is 6.09. The summed E-state index contributed by atoms with van der Waals surface area (Å²) in [6.45, 7) is 0.517. The highest BCUT2D eigenvalue weighted by Gasteiger charge is 2.17. The van der Waals surface area contributed by atoms with E-state index in [0.717, 1.165) is 5.56 Å². The number of hydrogen-bond donors (Lipinski definition) is 0. The van der Waals surface area contributed by atoms with Gasteiger partial charge in [-0.05, 0) is 29.8 Å². The van der Waals surface area contributed by atoms with Crippen molar-refractivity contribution in [3.63, 3.8) is 0 Å². The summed E-state index contributed by atoms with van der Waals surface area (Å²) in [6.07, 6.45) is 0. The molecule has 0 unspecified atom stereocenters. The lowest BCUT2D eigenvalue weighted by molar-refractivity contribution is -0.127. The van der Waals surface area contributed by atoms with E-state index in [0.29, 0.717) is 33.3 Å². The van der Waals surface area contributed by atoms with Gasteiger partial charge in [0, 0.05) is 13.6 Å². The lowest BCUT2D eigenvalue weighted by Gasteiger charge is -2.18. The molecule has 0 radical (unpaired) electrons. The van der Waals surface area contributed by atoms with E-state index in [1.54, 1.807) is 48.3 Å². The molecule has 7 heteroatoms. The molecule has 0 aliphatic rings. The second-order valence-electron chi connectivity index (χ2n) is 7.03. The number of amides is 1. The topological polar surface area (TPSA) is 55.2 Å². The molecule has 4 rings (SSSR count). The number of benzene rings is 3.